The van der Waals surface area contributed by atoms with Crippen molar-refractivity contribution >= 4 is 17.9 Å². The van der Waals surface area contributed by atoms with Gasteiger partial charge in [0, 0.05) is 19.3 Å². The monoisotopic (exact) mass is 937 g/mol. The third-order valence-electron chi connectivity index (χ3n) is 12.5. The van der Waals surface area contributed by atoms with Gasteiger partial charge in [-0.25, -0.2) is 0 Å². The predicted octanol–water partition coefficient (Wildman–Crippen LogP) is 19.2. The van der Waals surface area contributed by atoms with E-state index in [0.717, 1.165) is 96.3 Å². The first-order chi connectivity index (χ1) is 33.0. The molecular formula is C61H108O6. The molecule has 67 heavy (non-hydrogen) atoms. The van der Waals surface area contributed by atoms with E-state index < -0.39 is 6.10 Å². The maximum Gasteiger partial charge on any atom is 0.306 e. The van der Waals surface area contributed by atoms with E-state index in [4.69, 9.17) is 14.2 Å². The van der Waals surface area contributed by atoms with Gasteiger partial charge in [-0.3, -0.25) is 14.4 Å². The van der Waals surface area contributed by atoms with E-state index in [1.54, 1.807) is 0 Å². The summed E-state index contributed by atoms with van der Waals surface area (Å²) in [6.45, 7) is 6.51. The summed E-state index contributed by atoms with van der Waals surface area (Å²) < 4.78 is 16.8. The Kier molecular flexibility index (Phi) is 53.3. The molecule has 0 aromatic rings. The third-order valence-corrected chi connectivity index (χ3v) is 12.5. The van der Waals surface area contributed by atoms with Gasteiger partial charge >= 0.3 is 17.9 Å². The summed E-state index contributed by atoms with van der Waals surface area (Å²) in [6.07, 6.45) is 69.3. The van der Waals surface area contributed by atoms with Crippen LogP contribution in [0, 0.1) is 0 Å². The molecular weight excluding hydrogens is 829 g/mol. The van der Waals surface area contributed by atoms with E-state index in [0.29, 0.717) is 19.3 Å². The highest BCUT2D eigenvalue weighted by Gasteiger charge is 2.19. The van der Waals surface area contributed by atoms with Gasteiger partial charge in [0.2, 0.25) is 0 Å². The van der Waals surface area contributed by atoms with Crippen LogP contribution in [-0.4, -0.2) is 37.2 Å². The molecule has 0 aliphatic carbocycles. The maximum atomic E-state index is 12.8. The molecule has 0 spiro atoms. The van der Waals surface area contributed by atoms with Crippen LogP contribution in [-0.2, 0) is 28.6 Å². The Bertz CT molecular complexity index is 1210. The number of rotatable bonds is 52. The van der Waals surface area contributed by atoms with Crippen molar-refractivity contribution in [2.24, 2.45) is 0 Å². The number of ether oxygens (including phenoxy) is 3. The average molecular weight is 938 g/mol. The molecule has 0 bridgehead atoms. The lowest BCUT2D eigenvalue weighted by molar-refractivity contribution is -0.167. The molecule has 0 N–H and O–H groups in total. The van der Waals surface area contributed by atoms with Gasteiger partial charge in [-0.1, -0.05) is 248 Å². The summed E-state index contributed by atoms with van der Waals surface area (Å²) in [5.74, 6) is -0.928. The quantitative estimate of drug-likeness (QED) is 0.0262. The minimum absolute atomic E-state index is 0.0881. The van der Waals surface area contributed by atoms with E-state index in [9.17, 15) is 14.4 Å². The van der Waals surface area contributed by atoms with Gasteiger partial charge in [0.1, 0.15) is 13.2 Å². The SMILES string of the molecule is CC/C=C\C/C=C\C/C=C\C/C=C\CCCCC(=O)OC[C@H](COC(=O)CCCCCCCCCCCCCCCCCCCC)OC(=O)CCCCCCC/C=C\CCCCCCCCC. The number of carbonyl (C=O) groups is 3. The molecule has 0 heterocycles. The summed E-state index contributed by atoms with van der Waals surface area (Å²) in [4.78, 5) is 38.1. The Morgan fingerprint density at radius 3 is 0.955 bits per heavy atom. The van der Waals surface area contributed by atoms with Crippen LogP contribution in [0.2, 0.25) is 0 Å². The smallest absolute Gasteiger partial charge is 0.306 e. The fraction of sp³-hybridized carbons (Fsp3) is 0.787. The van der Waals surface area contributed by atoms with Crippen LogP contribution < -0.4 is 0 Å². The van der Waals surface area contributed by atoms with Gasteiger partial charge in [-0.2, -0.15) is 0 Å². The molecule has 0 amide bonds. The molecule has 0 unspecified atom stereocenters. The van der Waals surface area contributed by atoms with Gasteiger partial charge in [0.05, 0.1) is 0 Å². The second-order valence-electron chi connectivity index (χ2n) is 19.2. The van der Waals surface area contributed by atoms with E-state index in [2.05, 4.69) is 81.5 Å². The van der Waals surface area contributed by atoms with Gasteiger partial charge in [0.25, 0.3) is 0 Å². The van der Waals surface area contributed by atoms with Crippen molar-refractivity contribution < 1.29 is 28.6 Å². The van der Waals surface area contributed by atoms with Gasteiger partial charge in [-0.15, -0.1) is 0 Å². The Balaban J connectivity index is 4.41. The second-order valence-corrected chi connectivity index (χ2v) is 19.2. The fourth-order valence-corrected chi connectivity index (χ4v) is 8.19. The van der Waals surface area contributed by atoms with Crippen LogP contribution in [0.3, 0.4) is 0 Å². The lowest BCUT2D eigenvalue weighted by Crippen LogP contribution is -2.30. The molecule has 0 fully saturated rings. The first-order valence-electron chi connectivity index (χ1n) is 28.8. The van der Waals surface area contributed by atoms with Crippen LogP contribution >= 0.6 is 0 Å². The van der Waals surface area contributed by atoms with Gasteiger partial charge < -0.3 is 14.2 Å². The zero-order valence-corrected chi connectivity index (χ0v) is 44.4. The molecule has 0 aliphatic rings. The number of allylic oxidation sites excluding steroid dienone is 10. The van der Waals surface area contributed by atoms with Crippen molar-refractivity contribution in [1.29, 1.82) is 0 Å². The maximum absolute atomic E-state index is 12.8. The standard InChI is InChI=1S/C61H108O6/c1-4-7-10-13-16-19-22-25-28-30-31-34-36-39-42-45-48-51-54-60(63)66-57-58(56-65-59(62)53-50-47-44-41-38-35-32-27-24-21-18-15-12-9-6-3)67-61(64)55-52-49-46-43-40-37-33-29-26-23-20-17-14-11-8-5-2/h9,12,18,21,27,29,32-33,38,41,58H,4-8,10-11,13-17,19-20,22-26,28,30-31,34-37,39-40,42-57H2,1-3H3/b12-9-,21-18-,32-27-,33-29-,41-38-/t58-/m1/s1. The highest BCUT2D eigenvalue weighted by molar-refractivity contribution is 5.71. The highest BCUT2D eigenvalue weighted by Crippen LogP contribution is 2.16. The largest absolute Gasteiger partial charge is 0.462 e. The summed E-state index contributed by atoms with van der Waals surface area (Å²) in [7, 11) is 0. The van der Waals surface area contributed by atoms with Crippen LogP contribution in [0.5, 0.6) is 0 Å². The van der Waals surface area contributed by atoms with E-state index >= 15 is 0 Å². The first-order valence-corrected chi connectivity index (χ1v) is 28.8. The van der Waals surface area contributed by atoms with Crippen molar-refractivity contribution in [3.63, 3.8) is 0 Å². The lowest BCUT2D eigenvalue weighted by atomic mass is 10.0. The number of unbranched alkanes of at least 4 members (excludes halogenated alkanes) is 31. The number of hydrogen-bond donors (Lipinski definition) is 0. The molecule has 6 nitrogen and oxygen atoms in total. The minimum Gasteiger partial charge on any atom is -0.462 e. The molecule has 388 valence electrons. The van der Waals surface area contributed by atoms with Crippen molar-refractivity contribution in [3.05, 3.63) is 60.8 Å². The zero-order chi connectivity index (χ0) is 48.6. The predicted molar refractivity (Wildman–Crippen MR) is 288 cm³/mol. The molecule has 0 rings (SSSR count). The fourth-order valence-electron chi connectivity index (χ4n) is 8.19. The minimum atomic E-state index is -0.794. The summed E-state index contributed by atoms with van der Waals surface area (Å²) in [5.41, 5.74) is 0. The van der Waals surface area contributed by atoms with Gasteiger partial charge in [-0.05, 0) is 83.5 Å². The van der Waals surface area contributed by atoms with E-state index in [1.807, 2.05) is 0 Å². The molecule has 0 radical (unpaired) electrons. The van der Waals surface area contributed by atoms with E-state index in [-0.39, 0.29) is 31.1 Å². The van der Waals surface area contributed by atoms with Crippen LogP contribution in [0.25, 0.3) is 0 Å². The molecule has 0 aromatic carbocycles. The summed E-state index contributed by atoms with van der Waals surface area (Å²) in [5, 5.41) is 0. The Morgan fingerprint density at radius 2 is 0.582 bits per heavy atom. The molecule has 0 saturated carbocycles. The van der Waals surface area contributed by atoms with Gasteiger partial charge in [0.15, 0.2) is 6.10 Å². The highest BCUT2D eigenvalue weighted by atomic mass is 16.6. The zero-order valence-electron chi connectivity index (χ0n) is 44.4. The molecule has 0 saturated heterocycles. The average Bonchev–Trinajstić information content (AvgIpc) is 3.33. The second kappa shape index (κ2) is 55.7. The number of carbonyl (C=O) groups excluding carboxylic acids is 3. The van der Waals surface area contributed by atoms with E-state index in [1.165, 1.54) is 154 Å². The number of esters is 3. The Labute approximate surface area is 415 Å². The topological polar surface area (TPSA) is 78.9 Å². The van der Waals surface area contributed by atoms with Crippen LogP contribution in [0.4, 0.5) is 0 Å². The normalized spacial score (nSPS) is 12.5. The lowest BCUT2D eigenvalue weighted by Gasteiger charge is -2.18. The van der Waals surface area contributed by atoms with Crippen molar-refractivity contribution in [3.8, 4) is 0 Å². The molecule has 6 heteroatoms. The molecule has 0 aromatic heterocycles. The third kappa shape index (κ3) is 53.9. The van der Waals surface area contributed by atoms with Crippen molar-refractivity contribution in [2.75, 3.05) is 13.2 Å². The summed E-state index contributed by atoms with van der Waals surface area (Å²) in [6, 6.07) is 0. The van der Waals surface area contributed by atoms with Crippen LogP contribution in [0.15, 0.2) is 60.8 Å². The molecule has 0 aliphatic heterocycles. The van der Waals surface area contributed by atoms with Crippen LogP contribution in [0.1, 0.15) is 290 Å². The Hall–Kier alpha value is -2.89. The number of hydrogen-bond acceptors (Lipinski definition) is 6. The Morgan fingerprint density at radius 1 is 0.313 bits per heavy atom. The summed E-state index contributed by atoms with van der Waals surface area (Å²) >= 11 is 0. The molecule has 1 atom stereocenters. The van der Waals surface area contributed by atoms with Crippen molar-refractivity contribution in [1.82, 2.24) is 0 Å². The first kappa shape index (κ1) is 64.1. The van der Waals surface area contributed by atoms with Crippen molar-refractivity contribution in [2.45, 2.75) is 297 Å².